The maximum atomic E-state index is 4.35. The molecule has 0 aliphatic carbocycles. The largest absolute Gasteiger partial charge is 0.319 e. The lowest BCUT2D eigenvalue weighted by Crippen LogP contribution is -2.22. The maximum absolute atomic E-state index is 4.35. The zero-order valence-corrected chi connectivity index (χ0v) is 11.8. The van der Waals surface area contributed by atoms with Gasteiger partial charge in [-0.3, -0.25) is 4.68 Å². The highest BCUT2D eigenvalue weighted by Crippen LogP contribution is 2.14. The van der Waals surface area contributed by atoms with E-state index >= 15 is 0 Å². The summed E-state index contributed by atoms with van der Waals surface area (Å²) in [6.07, 6.45) is 6.35. The van der Waals surface area contributed by atoms with Gasteiger partial charge in [0, 0.05) is 12.7 Å². The van der Waals surface area contributed by atoms with E-state index < -0.39 is 0 Å². The van der Waals surface area contributed by atoms with Crippen molar-refractivity contribution in [2.75, 3.05) is 13.6 Å². The molecule has 3 nitrogen and oxygen atoms in total. The molecule has 2 rings (SSSR count). The SMILES string of the molecule is CCn1cc(CC(CNC)Cc2ccccc2)cn1. The van der Waals surface area contributed by atoms with Gasteiger partial charge < -0.3 is 5.32 Å². The molecule has 0 aliphatic rings. The molecule has 1 heterocycles. The molecule has 0 aliphatic heterocycles. The topological polar surface area (TPSA) is 29.9 Å². The Morgan fingerprint density at radius 1 is 1.16 bits per heavy atom. The van der Waals surface area contributed by atoms with Crippen molar-refractivity contribution in [2.24, 2.45) is 5.92 Å². The molecule has 1 atom stereocenters. The van der Waals surface area contributed by atoms with Crippen molar-refractivity contribution < 1.29 is 0 Å². The molecule has 0 radical (unpaired) electrons. The molecule has 1 aromatic carbocycles. The predicted molar refractivity (Wildman–Crippen MR) is 79.2 cm³/mol. The van der Waals surface area contributed by atoms with Gasteiger partial charge >= 0.3 is 0 Å². The summed E-state index contributed by atoms with van der Waals surface area (Å²) in [5.74, 6) is 0.613. The highest BCUT2D eigenvalue weighted by atomic mass is 15.3. The number of nitrogens with zero attached hydrogens (tertiary/aromatic N) is 2. The average molecular weight is 257 g/mol. The van der Waals surface area contributed by atoms with Crippen LogP contribution >= 0.6 is 0 Å². The van der Waals surface area contributed by atoms with Gasteiger partial charge in [0.1, 0.15) is 0 Å². The fraction of sp³-hybridized carbons (Fsp3) is 0.438. The number of rotatable bonds is 7. The van der Waals surface area contributed by atoms with Gasteiger partial charge in [-0.05, 0) is 50.4 Å². The Morgan fingerprint density at radius 2 is 1.89 bits per heavy atom. The van der Waals surface area contributed by atoms with Crippen LogP contribution in [-0.4, -0.2) is 23.4 Å². The third-order valence-corrected chi connectivity index (χ3v) is 3.40. The fourth-order valence-electron chi connectivity index (χ4n) is 2.47. The van der Waals surface area contributed by atoms with Gasteiger partial charge in [-0.1, -0.05) is 30.3 Å². The average Bonchev–Trinajstić information content (AvgIpc) is 2.88. The Balaban J connectivity index is 1.99. The van der Waals surface area contributed by atoms with Crippen molar-refractivity contribution in [1.29, 1.82) is 0 Å². The zero-order valence-electron chi connectivity index (χ0n) is 11.8. The Morgan fingerprint density at radius 3 is 2.53 bits per heavy atom. The molecule has 0 fully saturated rings. The van der Waals surface area contributed by atoms with Crippen LogP contribution in [0.1, 0.15) is 18.1 Å². The Kier molecular flexibility index (Phi) is 5.16. The van der Waals surface area contributed by atoms with Crippen molar-refractivity contribution >= 4 is 0 Å². The van der Waals surface area contributed by atoms with E-state index in [0.29, 0.717) is 5.92 Å². The molecule has 0 bridgehead atoms. The van der Waals surface area contributed by atoms with Gasteiger partial charge in [0.15, 0.2) is 0 Å². The molecular weight excluding hydrogens is 234 g/mol. The minimum Gasteiger partial charge on any atom is -0.319 e. The first-order valence-corrected chi connectivity index (χ1v) is 7.01. The summed E-state index contributed by atoms with van der Waals surface area (Å²) in [4.78, 5) is 0. The molecule has 19 heavy (non-hydrogen) atoms. The van der Waals surface area contributed by atoms with Gasteiger partial charge in [0.25, 0.3) is 0 Å². The summed E-state index contributed by atoms with van der Waals surface area (Å²) in [5, 5.41) is 7.65. The number of aromatic nitrogens is 2. The molecule has 0 saturated carbocycles. The summed E-state index contributed by atoms with van der Waals surface area (Å²) in [6, 6.07) is 10.7. The van der Waals surface area contributed by atoms with E-state index in [1.807, 2.05) is 17.9 Å². The Bertz CT molecular complexity index is 476. The predicted octanol–water partition coefficient (Wildman–Crippen LogP) is 2.52. The van der Waals surface area contributed by atoms with Gasteiger partial charge in [0.05, 0.1) is 6.20 Å². The molecule has 0 amide bonds. The van der Waals surface area contributed by atoms with Crippen molar-refractivity contribution in [2.45, 2.75) is 26.3 Å². The monoisotopic (exact) mass is 257 g/mol. The summed E-state index contributed by atoms with van der Waals surface area (Å²) < 4.78 is 1.99. The van der Waals surface area contributed by atoms with Crippen molar-refractivity contribution in [3.63, 3.8) is 0 Å². The Labute approximate surface area is 115 Å². The van der Waals surface area contributed by atoms with Crippen LogP contribution in [0.5, 0.6) is 0 Å². The van der Waals surface area contributed by atoms with E-state index in [1.165, 1.54) is 11.1 Å². The molecule has 1 N–H and O–H groups in total. The minimum atomic E-state index is 0.613. The van der Waals surface area contributed by atoms with Crippen LogP contribution in [0.3, 0.4) is 0 Å². The lowest BCUT2D eigenvalue weighted by atomic mass is 9.94. The van der Waals surface area contributed by atoms with E-state index in [1.54, 1.807) is 0 Å². The van der Waals surface area contributed by atoms with E-state index in [4.69, 9.17) is 0 Å². The lowest BCUT2D eigenvalue weighted by Gasteiger charge is -2.15. The molecule has 102 valence electrons. The van der Waals surface area contributed by atoms with Crippen LogP contribution in [0.4, 0.5) is 0 Å². The third-order valence-electron chi connectivity index (χ3n) is 3.40. The molecule has 1 unspecified atom stereocenters. The summed E-state index contributed by atoms with van der Waals surface area (Å²) >= 11 is 0. The molecule has 3 heteroatoms. The number of hydrogen-bond donors (Lipinski definition) is 1. The number of aryl methyl sites for hydroxylation is 1. The Hall–Kier alpha value is -1.61. The normalized spacial score (nSPS) is 12.5. The standard InChI is InChI=1S/C16H23N3/c1-3-19-13-16(12-18-19)10-15(11-17-2)9-14-7-5-4-6-8-14/h4-8,12-13,15,17H,3,9-11H2,1-2H3. The second kappa shape index (κ2) is 7.10. The van der Waals surface area contributed by atoms with E-state index in [9.17, 15) is 0 Å². The molecule has 0 spiro atoms. The van der Waals surface area contributed by atoms with Crippen LogP contribution in [0.25, 0.3) is 0 Å². The van der Waals surface area contributed by atoms with Crippen molar-refractivity contribution in [1.82, 2.24) is 15.1 Å². The van der Waals surface area contributed by atoms with Crippen LogP contribution in [0.2, 0.25) is 0 Å². The highest BCUT2D eigenvalue weighted by molar-refractivity contribution is 5.16. The van der Waals surface area contributed by atoms with E-state index in [2.05, 4.69) is 53.9 Å². The quantitative estimate of drug-likeness (QED) is 0.826. The number of nitrogens with one attached hydrogen (secondary N) is 1. The van der Waals surface area contributed by atoms with Gasteiger partial charge in [-0.2, -0.15) is 5.10 Å². The fourth-order valence-corrected chi connectivity index (χ4v) is 2.47. The van der Waals surface area contributed by atoms with E-state index in [-0.39, 0.29) is 0 Å². The van der Waals surface area contributed by atoms with Gasteiger partial charge in [-0.15, -0.1) is 0 Å². The van der Waals surface area contributed by atoms with Crippen molar-refractivity contribution in [3.05, 3.63) is 53.9 Å². The second-order valence-electron chi connectivity index (χ2n) is 5.02. The highest BCUT2D eigenvalue weighted by Gasteiger charge is 2.11. The zero-order chi connectivity index (χ0) is 13.5. The first kappa shape index (κ1) is 13.8. The number of hydrogen-bond acceptors (Lipinski definition) is 2. The second-order valence-corrected chi connectivity index (χ2v) is 5.02. The van der Waals surface area contributed by atoms with Crippen molar-refractivity contribution in [3.8, 4) is 0 Å². The van der Waals surface area contributed by atoms with E-state index in [0.717, 1.165) is 25.9 Å². The smallest absolute Gasteiger partial charge is 0.0521 e. The van der Waals surface area contributed by atoms with Crippen LogP contribution < -0.4 is 5.32 Å². The molecule has 0 saturated heterocycles. The van der Waals surface area contributed by atoms with Gasteiger partial charge in [0.2, 0.25) is 0 Å². The first-order chi connectivity index (χ1) is 9.31. The minimum absolute atomic E-state index is 0.613. The summed E-state index contributed by atoms with van der Waals surface area (Å²) in [7, 11) is 2.02. The molecule has 1 aromatic heterocycles. The third kappa shape index (κ3) is 4.21. The molecule has 2 aromatic rings. The maximum Gasteiger partial charge on any atom is 0.0521 e. The lowest BCUT2D eigenvalue weighted by molar-refractivity contribution is 0.493. The molecular formula is C16H23N3. The van der Waals surface area contributed by atoms with Crippen LogP contribution in [-0.2, 0) is 19.4 Å². The number of benzene rings is 1. The summed E-state index contributed by atoms with van der Waals surface area (Å²) in [6.45, 7) is 4.09. The first-order valence-electron chi connectivity index (χ1n) is 7.01. The van der Waals surface area contributed by atoms with Gasteiger partial charge in [-0.25, -0.2) is 0 Å². The summed E-state index contributed by atoms with van der Waals surface area (Å²) in [5.41, 5.74) is 2.74. The van der Waals surface area contributed by atoms with Crippen LogP contribution in [0.15, 0.2) is 42.7 Å². The van der Waals surface area contributed by atoms with Crippen LogP contribution in [0, 0.1) is 5.92 Å².